The van der Waals surface area contributed by atoms with Crippen molar-refractivity contribution in [3.63, 3.8) is 0 Å². The molecular weight excluding hydrogens is 220 g/mol. The highest BCUT2D eigenvalue weighted by atomic mass is 32.1. The van der Waals surface area contributed by atoms with E-state index in [0.29, 0.717) is 13.0 Å². The Kier molecular flexibility index (Phi) is 4.50. The Labute approximate surface area is 101 Å². The van der Waals surface area contributed by atoms with E-state index in [0.717, 1.165) is 6.42 Å². The van der Waals surface area contributed by atoms with Gasteiger partial charge in [0.2, 0.25) is 5.91 Å². The van der Waals surface area contributed by atoms with Crippen LogP contribution in [-0.4, -0.2) is 11.4 Å². The summed E-state index contributed by atoms with van der Waals surface area (Å²) in [5, 5.41) is 2.87. The summed E-state index contributed by atoms with van der Waals surface area (Å²) in [6.07, 6.45) is 1.69. The van der Waals surface area contributed by atoms with Gasteiger partial charge < -0.3 is 11.1 Å². The number of nitrogens with one attached hydrogen (secondary N) is 1. The van der Waals surface area contributed by atoms with Gasteiger partial charge >= 0.3 is 0 Å². The van der Waals surface area contributed by atoms with Crippen LogP contribution < -0.4 is 11.1 Å². The fourth-order valence-electron chi connectivity index (χ4n) is 1.24. The quantitative estimate of drug-likeness (QED) is 0.827. The number of nitrogens with two attached hydrogens (primary N) is 1. The molecule has 0 saturated heterocycles. The summed E-state index contributed by atoms with van der Waals surface area (Å²) in [5.41, 5.74) is 5.09. The molecule has 4 heteroatoms. The molecule has 1 rings (SSSR count). The van der Waals surface area contributed by atoms with E-state index in [2.05, 4.69) is 24.4 Å². The lowest BCUT2D eigenvalue weighted by Gasteiger charge is -2.21. The fraction of sp³-hybridized carbons (Fsp3) is 0.583. The molecule has 0 bridgehead atoms. The van der Waals surface area contributed by atoms with E-state index in [9.17, 15) is 4.79 Å². The van der Waals surface area contributed by atoms with Gasteiger partial charge in [0.1, 0.15) is 0 Å². The van der Waals surface area contributed by atoms with Crippen LogP contribution >= 0.6 is 11.3 Å². The van der Waals surface area contributed by atoms with Gasteiger partial charge in [-0.25, -0.2) is 0 Å². The maximum atomic E-state index is 11.7. The van der Waals surface area contributed by atoms with Crippen LogP contribution in [-0.2, 0) is 17.8 Å². The summed E-state index contributed by atoms with van der Waals surface area (Å²) in [5.74, 6) is -0.0820. The Morgan fingerprint density at radius 3 is 2.56 bits per heavy atom. The van der Waals surface area contributed by atoms with Gasteiger partial charge in [-0.2, -0.15) is 0 Å². The molecule has 1 atom stereocenters. The van der Waals surface area contributed by atoms with Crippen molar-refractivity contribution in [3.05, 3.63) is 21.9 Å². The summed E-state index contributed by atoms with van der Waals surface area (Å²) in [6, 6.07) is 4.16. The molecule has 1 amide bonds. The maximum Gasteiger partial charge on any atom is 0.240 e. The molecule has 3 N–H and O–H groups in total. The number of amides is 1. The minimum Gasteiger partial charge on any atom is -0.350 e. The third-order valence-corrected chi connectivity index (χ3v) is 3.97. The molecule has 1 heterocycles. The zero-order chi connectivity index (χ0) is 12.2. The predicted molar refractivity (Wildman–Crippen MR) is 68.4 cm³/mol. The van der Waals surface area contributed by atoms with Gasteiger partial charge in [0.05, 0.1) is 12.1 Å². The molecule has 0 aromatic carbocycles. The number of hydrogen-bond acceptors (Lipinski definition) is 3. The van der Waals surface area contributed by atoms with E-state index in [1.54, 1.807) is 18.3 Å². The van der Waals surface area contributed by atoms with Crippen LogP contribution in [0.4, 0.5) is 0 Å². The van der Waals surface area contributed by atoms with Crippen molar-refractivity contribution in [2.75, 3.05) is 0 Å². The van der Waals surface area contributed by atoms with E-state index in [1.807, 2.05) is 6.92 Å². The molecule has 16 heavy (non-hydrogen) atoms. The highest BCUT2D eigenvalue weighted by Gasteiger charge is 2.25. The Hall–Kier alpha value is -0.870. The molecule has 0 saturated carbocycles. The van der Waals surface area contributed by atoms with Crippen molar-refractivity contribution >= 4 is 17.2 Å². The molecule has 1 aromatic heterocycles. The molecule has 3 nitrogen and oxygen atoms in total. The third kappa shape index (κ3) is 3.32. The van der Waals surface area contributed by atoms with Crippen LogP contribution in [0.1, 0.15) is 36.9 Å². The molecular formula is C12H20N2OS. The molecule has 0 aliphatic carbocycles. The van der Waals surface area contributed by atoms with Gasteiger partial charge in [0, 0.05) is 9.75 Å². The minimum atomic E-state index is -0.759. The predicted octanol–water partition coefficient (Wildman–Crippen LogP) is 2.05. The van der Waals surface area contributed by atoms with E-state index < -0.39 is 5.54 Å². The number of thiophene rings is 1. The second kappa shape index (κ2) is 5.46. The molecule has 0 aliphatic rings. The maximum absolute atomic E-state index is 11.7. The Morgan fingerprint density at radius 1 is 1.44 bits per heavy atom. The molecule has 0 fully saturated rings. The molecule has 1 aromatic rings. The lowest BCUT2D eigenvalue weighted by atomic mass is 10.00. The number of aryl methyl sites for hydroxylation is 1. The van der Waals surface area contributed by atoms with E-state index >= 15 is 0 Å². The normalized spacial score (nSPS) is 14.5. The summed E-state index contributed by atoms with van der Waals surface area (Å²) < 4.78 is 0. The van der Waals surface area contributed by atoms with Crippen molar-refractivity contribution < 1.29 is 4.79 Å². The topological polar surface area (TPSA) is 55.1 Å². The summed E-state index contributed by atoms with van der Waals surface area (Å²) in [7, 11) is 0. The van der Waals surface area contributed by atoms with Crippen LogP contribution in [0.5, 0.6) is 0 Å². The van der Waals surface area contributed by atoms with Crippen LogP contribution in [0.25, 0.3) is 0 Å². The Morgan fingerprint density at radius 2 is 2.06 bits per heavy atom. The Balaban J connectivity index is 2.49. The smallest absolute Gasteiger partial charge is 0.240 e. The first kappa shape index (κ1) is 13.2. The molecule has 0 spiro atoms. The number of rotatable bonds is 5. The second-order valence-corrected chi connectivity index (χ2v) is 5.43. The van der Waals surface area contributed by atoms with E-state index in [1.165, 1.54) is 9.75 Å². The van der Waals surface area contributed by atoms with Crippen molar-refractivity contribution in [1.82, 2.24) is 5.32 Å². The van der Waals surface area contributed by atoms with Gasteiger partial charge in [0.25, 0.3) is 0 Å². The molecule has 0 aliphatic heterocycles. The average Bonchev–Trinajstić information content (AvgIpc) is 2.73. The van der Waals surface area contributed by atoms with Crippen molar-refractivity contribution in [1.29, 1.82) is 0 Å². The van der Waals surface area contributed by atoms with Crippen LogP contribution in [0.3, 0.4) is 0 Å². The van der Waals surface area contributed by atoms with Gasteiger partial charge in [-0.3, -0.25) is 4.79 Å². The van der Waals surface area contributed by atoms with Gasteiger partial charge in [-0.1, -0.05) is 13.8 Å². The standard InChI is InChI=1S/C12H20N2OS/c1-4-9-6-7-10(16-9)8-14-11(15)12(3,13)5-2/h6-7H,4-5,8,13H2,1-3H3,(H,14,15). The van der Waals surface area contributed by atoms with Gasteiger partial charge in [-0.05, 0) is 31.9 Å². The van der Waals surface area contributed by atoms with Crippen LogP contribution in [0, 0.1) is 0 Å². The first-order valence-corrected chi connectivity index (χ1v) is 6.46. The first-order chi connectivity index (χ1) is 7.49. The zero-order valence-electron chi connectivity index (χ0n) is 10.2. The van der Waals surface area contributed by atoms with Crippen molar-refractivity contribution in [2.24, 2.45) is 5.73 Å². The van der Waals surface area contributed by atoms with Gasteiger partial charge in [-0.15, -0.1) is 11.3 Å². The van der Waals surface area contributed by atoms with Gasteiger partial charge in [0.15, 0.2) is 0 Å². The average molecular weight is 240 g/mol. The largest absolute Gasteiger partial charge is 0.350 e. The highest BCUT2D eigenvalue weighted by Crippen LogP contribution is 2.16. The van der Waals surface area contributed by atoms with Crippen molar-refractivity contribution in [2.45, 2.75) is 45.7 Å². The van der Waals surface area contributed by atoms with E-state index in [4.69, 9.17) is 5.73 Å². The summed E-state index contributed by atoms with van der Waals surface area (Å²) >= 11 is 1.74. The molecule has 0 radical (unpaired) electrons. The SMILES string of the molecule is CCc1ccc(CNC(=O)C(C)(N)CC)s1. The van der Waals surface area contributed by atoms with Crippen molar-refractivity contribution in [3.8, 4) is 0 Å². The van der Waals surface area contributed by atoms with Crippen LogP contribution in [0.15, 0.2) is 12.1 Å². The Bertz CT molecular complexity index is 358. The minimum absolute atomic E-state index is 0.0820. The summed E-state index contributed by atoms with van der Waals surface area (Å²) in [6.45, 7) is 6.38. The lowest BCUT2D eigenvalue weighted by Crippen LogP contribution is -2.50. The number of carbonyl (C=O) groups excluding carboxylic acids is 1. The zero-order valence-corrected chi connectivity index (χ0v) is 11.0. The lowest BCUT2D eigenvalue weighted by molar-refractivity contribution is -0.126. The number of carbonyl (C=O) groups is 1. The third-order valence-electron chi connectivity index (χ3n) is 2.74. The molecule has 1 unspecified atom stereocenters. The monoisotopic (exact) mass is 240 g/mol. The number of hydrogen-bond donors (Lipinski definition) is 2. The molecule has 90 valence electrons. The second-order valence-electron chi connectivity index (χ2n) is 4.18. The fourth-order valence-corrected chi connectivity index (χ4v) is 2.13. The van der Waals surface area contributed by atoms with Crippen LogP contribution in [0.2, 0.25) is 0 Å². The van der Waals surface area contributed by atoms with E-state index in [-0.39, 0.29) is 5.91 Å². The highest BCUT2D eigenvalue weighted by molar-refractivity contribution is 7.11. The summed E-state index contributed by atoms with van der Waals surface area (Å²) in [4.78, 5) is 14.2. The first-order valence-electron chi connectivity index (χ1n) is 5.64.